The summed E-state index contributed by atoms with van der Waals surface area (Å²) in [5, 5.41) is 2.89. The number of carbonyl (C=O) groups excluding carboxylic acids is 2. The number of rotatable bonds is 5. The van der Waals surface area contributed by atoms with Gasteiger partial charge in [0.2, 0.25) is 5.91 Å². The number of hydrogen-bond acceptors (Lipinski definition) is 3. The fourth-order valence-corrected chi connectivity index (χ4v) is 2.64. The van der Waals surface area contributed by atoms with E-state index in [0.29, 0.717) is 23.8 Å². The van der Waals surface area contributed by atoms with Crippen molar-refractivity contribution < 1.29 is 9.59 Å². The van der Waals surface area contributed by atoms with Crippen molar-refractivity contribution in [2.24, 2.45) is 0 Å². The van der Waals surface area contributed by atoms with Gasteiger partial charge in [-0.2, -0.15) is 0 Å². The molecular formula is C18H27N3O2. The minimum absolute atomic E-state index is 0.0119. The SMILES string of the molecule is CC(C)N(C)CC(=O)Nc1ccccc1C(=O)N1CCCCC1. The van der Waals surface area contributed by atoms with Crippen LogP contribution >= 0.6 is 0 Å². The Kier molecular flexibility index (Phi) is 6.16. The minimum Gasteiger partial charge on any atom is -0.339 e. The fourth-order valence-electron chi connectivity index (χ4n) is 2.64. The number of hydrogen-bond donors (Lipinski definition) is 1. The fraction of sp³-hybridized carbons (Fsp3) is 0.556. The number of likely N-dealkylation sites (tertiary alicyclic amines) is 1. The van der Waals surface area contributed by atoms with Crippen LogP contribution in [0.3, 0.4) is 0 Å². The summed E-state index contributed by atoms with van der Waals surface area (Å²) in [6.45, 7) is 6.00. The van der Waals surface area contributed by atoms with Crippen LogP contribution < -0.4 is 5.32 Å². The lowest BCUT2D eigenvalue weighted by Gasteiger charge is -2.27. The molecule has 23 heavy (non-hydrogen) atoms. The predicted octanol–water partition coefficient (Wildman–Crippen LogP) is 2.59. The first-order valence-corrected chi connectivity index (χ1v) is 8.37. The van der Waals surface area contributed by atoms with Crippen molar-refractivity contribution in [1.29, 1.82) is 0 Å². The van der Waals surface area contributed by atoms with Gasteiger partial charge in [0.25, 0.3) is 5.91 Å². The van der Waals surface area contributed by atoms with Gasteiger partial charge < -0.3 is 10.2 Å². The topological polar surface area (TPSA) is 52.7 Å². The van der Waals surface area contributed by atoms with Crippen molar-refractivity contribution in [3.63, 3.8) is 0 Å². The third kappa shape index (κ3) is 4.79. The molecule has 1 fully saturated rings. The number of nitrogens with one attached hydrogen (secondary N) is 1. The van der Waals surface area contributed by atoms with Crippen molar-refractivity contribution in [2.75, 3.05) is 32.0 Å². The number of para-hydroxylation sites is 1. The molecule has 1 aromatic carbocycles. The molecule has 1 N–H and O–H groups in total. The van der Waals surface area contributed by atoms with Gasteiger partial charge in [-0.1, -0.05) is 12.1 Å². The Morgan fingerprint density at radius 3 is 2.48 bits per heavy atom. The van der Waals surface area contributed by atoms with E-state index in [9.17, 15) is 9.59 Å². The van der Waals surface area contributed by atoms with E-state index in [1.165, 1.54) is 6.42 Å². The molecule has 126 valence electrons. The summed E-state index contributed by atoms with van der Waals surface area (Å²) >= 11 is 0. The van der Waals surface area contributed by atoms with Crippen LogP contribution in [0.4, 0.5) is 5.69 Å². The van der Waals surface area contributed by atoms with Gasteiger partial charge in [-0.3, -0.25) is 14.5 Å². The van der Waals surface area contributed by atoms with E-state index < -0.39 is 0 Å². The largest absolute Gasteiger partial charge is 0.339 e. The molecule has 1 heterocycles. The van der Waals surface area contributed by atoms with Crippen LogP contribution in [-0.4, -0.2) is 54.3 Å². The van der Waals surface area contributed by atoms with E-state index >= 15 is 0 Å². The first-order valence-electron chi connectivity index (χ1n) is 8.37. The zero-order valence-corrected chi connectivity index (χ0v) is 14.3. The molecule has 0 unspecified atom stereocenters. The number of anilines is 1. The molecule has 5 heteroatoms. The molecule has 0 aromatic heterocycles. The third-order valence-corrected chi connectivity index (χ3v) is 4.35. The van der Waals surface area contributed by atoms with E-state index in [0.717, 1.165) is 25.9 Å². The zero-order valence-electron chi connectivity index (χ0n) is 14.3. The van der Waals surface area contributed by atoms with Crippen LogP contribution in [0.1, 0.15) is 43.5 Å². The molecule has 1 aliphatic heterocycles. The summed E-state index contributed by atoms with van der Waals surface area (Å²) in [7, 11) is 1.91. The second-order valence-corrected chi connectivity index (χ2v) is 6.46. The second kappa shape index (κ2) is 8.11. The van der Waals surface area contributed by atoms with Gasteiger partial charge >= 0.3 is 0 Å². The molecule has 1 aromatic rings. The summed E-state index contributed by atoms with van der Waals surface area (Å²) in [6, 6.07) is 7.57. The highest BCUT2D eigenvalue weighted by molar-refractivity contribution is 6.04. The Bertz CT molecular complexity index is 551. The van der Waals surface area contributed by atoms with E-state index in [1.807, 2.05) is 42.8 Å². The van der Waals surface area contributed by atoms with Gasteiger partial charge in [0.1, 0.15) is 0 Å². The minimum atomic E-state index is -0.0971. The van der Waals surface area contributed by atoms with Crippen LogP contribution in [-0.2, 0) is 4.79 Å². The molecule has 5 nitrogen and oxygen atoms in total. The summed E-state index contributed by atoms with van der Waals surface area (Å²) < 4.78 is 0. The molecule has 0 aliphatic carbocycles. The maximum atomic E-state index is 12.7. The predicted molar refractivity (Wildman–Crippen MR) is 92.6 cm³/mol. The number of likely N-dealkylation sites (N-methyl/N-ethyl adjacent to an activating group) is 1. The van der Waals surface area contributed by atoms with Crippen molar-refractivity contribution in [2.45, 2.75) is 39.2 Å². The van der Waals surface area contributed by atoms with Crippen molar-refractivity contribution in [3.05, 3.63) is 29.8 Å². The van der Waals surface area contributed by atoms with Crippen LogP contribution in [0, 0.1) is 0 Å². The Morgan fingerprint density at radius 1 is 1.17 bits per heavy atom. The smallest absolute Gasteiger partial charge is 0.255 e. The van der Waals surface area contributed by atoms with Crippen molar-refractivity contribution in [1.82, 2.24) is 9.80 Å². The van der Waals surface area contributed by atoms with Gasteiger partial charge in [0.05, 0.1) is 17.8 Å². The first kappa shape index (κ1) is 17.5. The highest BCUT2D eigenvalue weighted by Gasteiger charge is 2.21. The van der Waals surface area contributed by atoms with Crippen LogP contribution in [0.5, 0.6) is 0 Å². The van der Waals surface area contributed by atoms with Gasteiger partial charge in [-0.15, -0.1) is 0 Å². The Hall–Kier alpha value is -1.88. The van der Waals surface area contributed by atoms with E-state index in [-0.39, 0.29) is 11.8 Å². The lowest BCUT2D eigenvalue weighted by molar-refractivity contribution is -0.117. The molecule has 0 saturated carbocycles. The Balaban J connectivity index is 2.07. The van der Waals surface area contributed by atoms with E-state index in [4.69, 9.17) is 0 Å². The average Bonchev–Trinajstić information content (AvgIpc) is 2.55. The van der Waals surface area contributed by atoms with Crippen LogP contribution in [0.2, 0.25) is 0 Å². The summed E-state index contributed by atoms with van der Waals surface area (Å²) in [5.74, 6) is -0.0853. The molecule has 2 rings (SSSR count). The monoisotopic (exact) mass is 317 g/mol. The first-order chi connectivity index (χ1) is 11.0. The number of amides is 2. The highest BCUT2D eigenvalue weighted by Crippen LogP contribution is 2.20. The van der Waals surface area contributed by atoms with Crippen LogP contribution in [0.15, 0.2) is 24.3 Å². The maximum Gasteiger partial charge on any atom is 0.255 e. The van der Waals surface area contributed by atoms with Crippen molar-refractivity contribution >= 4 is 17.5 Å². The van der Waals surface area contributed by atoms with Gasteiger partial charge in [-0.25, -0.2) is 0 Å². The lowest BCUT2D eigenvalue weighted by atomic mass is 10.1. The maximum absolute atomic E-state index is 12.7. The summed E-state index contributed by atoms with van der Waals surface area (Å²) in [4.78, 5) is 28.7. The molecule has 2 amide bonds. The molecule has 0 atom stereocenters. The molecule has 0 radical (unpaired) electrons. The number of carbonyl (C=O) groups is 2. The molecular weight excluding hydrogens is 290 g/mol. The number of piperidine rings is 1. The number of benzene rings is 1. The molecule has 0 spiro atoms. The standard InChI is InChI=1S/C18H27N3O2/c1-14(2)20(3)13-17(22)19-16-10-6-5-9-15(16)18(23)21-11-7-4-8-12-21/h5-6,9-10,14H,4,7-8,11-13H2,1-3H3,(H,19,22). The summed E-state index contributed by atoms with van der Waals surface area (Å²) in [5.41, 5.74) is 1.18. The second-order valence-electron chi connectivity index (χ2n) is 6.46. The van der Waals surface area contributed by atoms with Crippen molar-refractivity contribution in [3.8, 4) is 0 Å². The normalized spacial score (nSPS) is 15.1. The van der Waals surface area contributed by atoms with Gasteiger partial charge in [0, 0.05) is 19.1 Å². The van der Waals surface area contributed by atoms with Gasteiger partial charge in [-0.05, 0) is 52.3 Å². The molecule has 1 saturated heterocycles. The van der Waals surface area contributed by atoms with Gasteiger partial charge in [0.15, 0.2) is 0 Å². The molecule has 1 aliphatic rings. The Labute approximate surface area is 138 Å². The molecule has 0 bridgehead atoms. The zero-order chi connectivity index (χ0) is 16.8. The van der Waals surface area contributed by atoms with Crippen LogP contribution in [0.25, 0.3) is 0 Å². The highest BCUT2D eigenvalue weighted by atomic mass is 16.2. The van der Waals surface area contributed by atoms with E-state index in [2.05, 4.69) is 5.32 Å². The lowest BCUT2D eigenvalue weighted by Crippen LogP contribution is -2.37. The average molecular weight is 317 g/mol. The quantitative estimate of drug-likeness (QED) is 0.908. The van der Waals surface area contributed by atoms with E-state index in [1.54, 1.807) is 12.1 Å². The third-order valence-electron chi connectivity index (χ3n) is 4.35. The number of nitrogens with zero attached hydrogens (tertiary/aromatic N) is 2. The Morgan fingerprint density at radius 2 is 1.83 bits per heavy atom. The summed E-state index contributed by atoms with van der Waals surface area (Å²) in [6.07, 6.45) is 3.29.